The highest BCUT2D eigenvalue weighted by atomic mass is 19.1. The average Bonchev–Trinajstić information content (AvgIpc) is 3.51. The van der Waals surface area contributed by atoms with Gasteiger partial charge in [-0.15, -0.1) is 0 Å². The maximum Gasteiger partial charge on any atom is 0.161 e. The molecule has 0 amide bonds. The van der Waals surface area contributed by atoms with Crippen molar-refractivity contribution in [2.75, 3.05) is 63.1 Å². The van der Waals surface area contributed by atoms with E-state index >= 15 is 0 Å². The van der Waals surface area contributed by atoms with Gasteiger partial charge in [-0.1, -0.05) is 39.7 Å². The number of nitrogens with one attached hydrogen (secondary N) is 1. The van der Waals surface area contributed by atoms with Gasteiger partial charge in [-0.2, -0.15) is 0 Å². The predicted octanol–water partition coefficient (Wildman–Crippen LogP) is 8.47. The molecule has 2 heterocycles. The molecule has 0 spiro atoms. The maximum atomic E-state index is 14.8. The molecule has 5 rings (SSSR count). The molecule has 270 valence electrons. The van der Waals surface area contributed by atoms with Gasteiger partial charge in [-0.05, 0) is 92.7 Å². The topological polar surface area (TPSA) is 58.8 Å². The van der Waals surface area contributed by atoms with Crippen molar-refractivity contribution >= 4 is 29.6 Å². The second kappa shape index (κ2) is 17.8. The van der Waals surface area contributed by atoms with E-state index in [0.29, 0.717) is 18.5 Å². The highest BCUT2D eigenvalue weighted by Crippen LogP contribution is 2.33. The van der Waals surface area contributed by atoms with Crippen molar-refractivity contribution in [2.45, 2.75) is 33.6 Å². The average molecular weight is 698 g/mol. The van der Waals surface area contributed by atoms with E-state index in [0.717, 1.165) is 72.6 Å². The molecule has 7 nitrogen and oxygen atoms in total. The van der Waals surface area contributed by atoms with Gasteiger partial charge in [-0.3, -0.25) is 9.89 Å². The Balaban J connectivity index is 0.000000251. The van der Waals surface area contributed by atoms with Crippen LogP contribution in [0.2, 0.25) is 0 Å². The zero-order chi connectivity index (χ0) is 37.1. The van der Waals surface area contributed by atoms with E-state index in [4.69, 9.17) is 0 Å². The SMILES string of the molecule is C=CN=C(N=C)c1cc(F)c(N2CCN(C(=C)CN3CC[C@](C)(CC)C3)CC2)cc1F.C=CNc1ccc(C)c(C(=NC)c2ccc(F)cc2)c1. The standard InChI is InChI=1S/C24H33F2N5.C17H17FN2/c1-6-24(4)8-9-29(17-24)16-18(3)30-10-12-31(13-11-30)22-15-20(25)19(14-21(22)26)23(27-5)28-7-2;1-4-20-15-10-5-12(2)16(11-15)17(19-3)13-6-8-14(18)9-7-13/h7,14-15H,2-3,5-6,8-13,16-17H2,1,4H3;4-11,20H,1H2,2-3H3/t24-;/m0./s1. The highest BCUT2D eigenvalue weighted by Gasteiger charge is 2.33. The van der Waals surface area contributed by atoms with E-state index in [2.05, 4.69) is 70.4 Å². The number of likely N-dealkylation sites (tertiary alicyclic amines) is 1. The van der Waals surface area contributed by atoms with Crippen LogP contribution in [-0.4, -0.2) is 80.9 Å². The fraction of sp³-hybridized carbons (Fsp3) is 0.341. The van der Waals surface area contributed by atoms with Crippen LogP contribution in [0.15, 0.2) is 107 Å². The van der Waals surface area contributed by atoms with Gasteiger partial charge in [0.15, 0.2) is 5.84 Å². The monoisotopic (exact) mass is 697 g/mol. The third-order valence-corrected chi connectivity index (χ3v) is 9.71. The normalized spacial score (nSPS) is 18.2. The summed E-state index contributed by atoms with van der Waals surface area (Å²) >= 11 is 0. The Labute approximate surface area is 301 Å². The summed E-state index contributed by atoms with van der Waals surface area (Å²) in [6, 6.07) is 14.7. The van der Waals surface area contributed by atoms with E-state index in [-0.39, 0.29) is 22.9 Å². The number of anilines is 2. The summed E-state index contributed by atoms with van der Waals surface area (Å²) in [5.74, 6) is -1.31. The van der Waals surface area contributed by atoms with E-state index in [1.165, 1.54) is 37.2 Å². The van der Waals surface area contributed by atoms with Crippen LogP contribution >= 0.6 is 0 Å². The molecular weight excluding hydrogens is 647 g/mol. The molecule has 51 heavy (non-hydrogen) atoms. The van der Waals surface area contributed by atoms with Crippen LogP contribution < -0.4 is 10.2 Å². The zero-order valence-corrected chi connectivity index (χ0v) is 30.4. The lowest BCUT2D eigenvalue weighted by Gasteiger charge is -2.39. The highest BCUT2D eigenvalue weighted by molar-refractivity contribution is 6.14. The molecular formula is C41H50F3N7. The van der Waals surface area contributed by atoms with Crippen molar-refractivity contribution < 1.29 is 13.2 Å². The Morgan fingerprint density at radius 3 is 2.24 bits per heavy atom. The fourth-order valence-electron chi connectivity index (χ4n) is 6.50. The number of hydrogen-bond acceptors (Lipinski definition) is 6. The molecule has 2 fully saturated rings. The summed E-state index contributed by atoms with van der Waals surface area (Å²) in [6.07, 6.45) is 5.28. The quantitative estimate of drug-likeness (QED) is 0.161. The number of amidine groups is 1. The van der Waals surface area contributed by atoms with Gasteiger partial charge in [0.1, 0.15) is 17.5 Å². The number of aliphatic imine (C=N–C) groups is 3. The number of hydrogen-bond donors (Lipinski definition) is 1. The van der Waals surface area contributed by atoms with Crippen molar-refractivity contribution in [1.82, 2.24) is 9.80 Å². The molecule has 0 aromatic heterocycles. The number of aryl methyl sites for hydroxylation is 1. The van der Waals surface area contributed by atoms with Crippen LogP contribution in [0.4, 0.5) is 24.5 Å². The van der Waals surface area contributed by atoms with Crippen LogP contribution in [0.1, 0.15) is 48.9 Å². The fourth-order valence-corrected chi connectivity index (χ4v) is 6.50. The molecule has 0 aliphatic carbocycles. The summed E-state index contributed by atoms with van der Waals surface area (Å²) in [5.41, 5.74) is 6.57. The van der Waals surface area contributed by atoms with Crippen LogP contribution in [0.3, 0.4) is 0 Å². The summed E-state index contributed by atoms with van der Waals surface area (Å²) in [7, 11) is 1.74. The molecule has 0 saturated carbocycles. The molecule has 3 aromatic rings. The Bertz CT molecular complexity index is 1770. The number of benzene rings is 3. The predicted molar refractivity (Wildman–Crippen MR) is 208 cm³/mol. The molecule has 10 heteroatoms. The lowest BCUT2D eigenvalue weighted by Crippen LogP contribution is -2.47. The van der Waals surface area contributed by atoms with Crippen LogP contribution in [0.5, 0.6) is 0 Å². The molecule has 0 unspecified atom stereocenters. The zero-order valence-electron chi connectivity index (χ0n) is 30.4. The Kier molecular flexibility index (Phi) is 13.6. The minimum atomic E-state index is -0.579. The van der Waals surface area contributed by atoms with Crippen molar-refractivity contribution in [3.63, 3.8) is 0 Å². The molecule has 2 aliphatic heterocycles. The van der Waals surface area contributed by atoms with Crippen molar-refractivity contribution in [3.05, 3.63) is 132 Å². The first-order valence-corrected chi connectivity index (χ1v) is 17.2. The van der Waals surface area contributed by atoms with Crippen LogP contribution in [-0.2, 0) is 0 Å². The summed E-state index contributed by atoms with van der Waals surface area (Å²) in [4.78, 5) is 18.5. The number of halogens is 3. The lowest BCUT2D eigenvalue weighted by molar-refractivity contribution is 0.245. The third-order valence-electron chi connectivity index (χ3n) is 9.71. The molecule has 2 saturated heterocycles. The Hall–Kier alpha value is -4.96. The smallest absolute Gasteiger partial charge is 0.161 e. The van der Waals surface area contributed by atoms with Crippen molar-refractivity contribution in [3.8, 4) is 0 Å². The molecule has 1 N–H and O–H groups in total. The number of piperazine rings is 1. The van der Waals surface area contributed by atoms with Crippen LogP contribution in [0, 0.1) is 29.8 Å². The largest absolute Gasteiger partial charge is 0.371 e. The summed E-state index contributed by atoms with van der Waals surface area (Å²) < 4.78 is 42.5. The molecule has 0 radical (unpaired) electrons. The minimum absolute atomic E-state index is 0.0140. The van der Waals surface area contributed by atoms with Gasteiger partial charge >= 0.3 is 0 Å². The van der Waals surface area contributed by atoms with Gasteiger partial charge in [0.25, 0.3) is 0 Å². The van der Waals surface area contributed by atoms with Crippen molar-refractivity contribution in [1.29, 1.82) is 0 Å². The van der Waals surface area contributed by atoms with Gasteiger partial charge < -0.3 is 15.1 Å². The minimum Gasteiger partial charge on any atom is -0.371 e. The number of rotatable bonds is 11. The summed E-state index contributed by atoms with van der Waals surface area (Å²) in [6.45, 7) is 27.2. The van der Waals surface area contributed by atoms with Gasteiger partial charge in [0.2, 0.25) is 0 Å². The first-order chi connectivity index (χ1) is 24.4. The van der Waals surface area contributed by atoms with E-state index in [9.17, 15) is 13.2 Å². The third kappa shape index (κ3) is 9.85. The Morgan fingerprint density at radius 2 is 1.65 bits per heavy atom. The maximum absolute atomic E-state index is 14.8. The van der Waals surface area contributed by atoms with Crippen molar-refractivity contribution in [2.24, 2.45) is 20.4 Å². The lowest BCUT2D eigenvalue weighted by atomic mass is 9.87. The first kappa shape index (κ1) is 38.8. The first-order valence-electron chi connectivity index (χ1n) is 17.2. The second-order valence-corrected chi connectivity index (χ2v) is 13.2. The molecule has 2 aliphatic rings. The molecule has 1 atom stereocenters. The van der Waals surface area contributed by atoms with E-state index < -0.39 is 11.6 Å². The second-order valence-electron chi connectivity index (χ2n) is 13.2. The molecule has 3 aromatic carbocycles. The Morgan fingerprint density at radius 1 is 0.941 bits per heavy atom. The number of nitrogens with zero attached hydrogens (tertiary/aromatic N) is 6. The summed E-state index contributed by atoms with van der Waals surface area (Å²) in [5, 5.41) is 3.06. The van der Waals surface area contributed by atoms with E-state index in [1.807, 2.05) is 30.0 Å². The van der Waals surface area contributed by atoms with Gasteiger partial charge in [0, 0.05) is 81.1 Å². The molecule has 0 bridgehead atoms. The van der Waals surface area contributed by atoms with Gasteiger partial charge in [-0.25, -0.2) is 23.2 Å². The van der Waals surface area contributed by atoms with E-state index in [1.54, 1.807) is 25.4 Å². The van der Waals surface area contributed by atoms with Crippen LogP contribution in [0.25, 0.3) is 0 Å². The van der Waals surface area contributed by atoms with Gasteiger partial charge in [0.05, 0.1) is 17.0 Å².